The third-order valence-electron chi connectivity index (χ3n) is 5.16. The van der Waals surface area contributed by atoms with E-state index >= 15 is 0 Å². The molecule has 2 aliphatic rings. The minimum absolute atomic E-state index is 0.454. The first-order valence-electron chi connectivity index (χ1n) is 8.61. The van der Waals surface area contributed by atoms with Gasteiger partial charge in [-0.3, -0.25) is 4.90 Å². The maximum Gasteiger partial charge on any atom is 0.119 e. The van der Waals surface area contributed by atoms with E-state index in [1.807, 2.05) is 11.8 Å². The second kappa shape index (κ2) is 6.79. The summed E-state index contributed by atoms with van der Waals surface area (Å²) in [5.41, 5.74) is 2.88. The number of fused-ring (bicyclic) bond motifs is 2. The van der Waals surface area contributed by atoms with Crippen LogP contribution in [-0.2, 0) is 6.42 Å². The van der Waals surface area contributed by atoms with Gasteiger partial charge in [0, 0.05) is 42.0 Å². The van der Waals surface area contributed by atoms with Crippen LogP contribution in [0.5, 0.6) is 5.75 Å². The molecule has 0 spiro atoms. The van der Waals surface area contributed by atoms with Crippen LogP contribution in [0.2, 0.25) is 0 Å². The molecule has 0 N–H and O–H groups in total. The van der Waals surface area contributed by atoms with Gasteiger partial charge in [0.15, 0.2) is 0 Å². The highest BCUT2D eigenvalue weighted by molar-refractivity contribution is 7.99. The molecule has 0 amide bonds. The molecule has 24 heavy (non-hydrogen) atoms. The quantitative estimate of drug-likeness (QED) is 0.828. The Morgan fingerprint density at radius 3 is 2.58 bits per heavy atom. The van der Waals surface area contributed by atoms with Crippen LogP contribution < -0.4 is 4.74 Å². The fourth-order valence-corrected chi connectivity index (χ4v) is 4.80. The Hall–Kier alpha value is -1.49. The van der Waals surface area contributed by atoms with Gasteiger partial charge in [-0.25, -0.2) is 0 Å². The molecule has 2 heterocycles. The monoisotopic (exact) mass is 340 g/mol. The minimum atomic E-state index is 0.454. The summed E-state index contributed by atoms with van der Waals surface area (Å²) < 4.78 is 5.46. The third kappa shape index (κ3) is 3.06. The van der Waals surface area contributed by atoms with Crippen molar-refractivity contribution < 1.29 is 4.74 Å². The average molecular weight is 340 g/mol. The number of benzene rings is 2. The van der Waals surface area contributed by atoms with E-state index in [2.05, 4.69) is 59.3 Å². The summed E-state index contributed by atoms with van der Waals surface area (Å²) in [6.07, 6.45) is 1.06. The highest BCUT2D eigenvalue weighted by Gasteiger charge is 2.29. The topological polar surface area (TPSA) is 15.7 Å². The van der Waals surface area contributed by atoms with Crippen molar-refractivity contribution in [3.63, 3.8) is 0 Å². The van der Waals surface area contributed by atoms with E-state index in [-0.39, 0.29) is 0 Å². The van der Waals surface area contributed by atoms with E-state index < -0.39 is 0 Å². The Morgan fingerprint density at radius 1 is 1.00 bits per heavy atom. The minimum Gasteiger partial charge on any atom is -0.497 e. The molecule has 2 aromatic rings. The maximum atomic E-state index is 5.46. The van der Waals surface area contributed by atoms with Crippen LogP contribution in [-0.4, -0.2) is 50.1 Å². The van der Waals surface area contributed by atoms with Crippen LogP contribution in [0.4, 0.5) is 0 Å². The largest absolute Gasteiger partial charge is 0.497 e. The Balaban J connectivity index is 1.73. The van der Waals surface area contributed by atoms with Crippen molar-refractivity contribution in [3.8, 4) is 5.75 Å². The lowest BCUT2D eigenvalue weighted by molar-refractivity contribution is 0.110. The van der Waals surface area contributed by atoms with Crippen molar-refractivity contribution in [2.45, 2.75) is 22.3 Å². The second-order valence-electron chi connectivity index (χ2n) is 6.67. The lowest BCUT2D eigenvalue weighted by Gasteiger charge is -2.38. The fourth-order valence-electron chi connectivity index (χ4n) is 3.69. The molecule has 0 saturated carbocycles. The molecule has 1 saturated heterocycles. The smallest absolute Gasteiger partial charge is 0.119 e. The number of ether oxygens (including phenoxy) is 1. The molecule has 1 unspecified atom stereocenters. The van der Waals surface area contributed by atoms with Crippen molar-refractivity contribution in [1.29, 1.82) is 0 Å². The van der Waals surface area contributed by atoms with Gasteiger partial charge >= 0.3 is 0 Å². The van der Waals surface area contributed by atoms with E-state index in [4.69, 9.17) is 4.74 Å². The Bertz CT molecular complexity index is 725. The number of nitrogens with zero attached hydrogens (tertiary/aromatic N) is 2. The van der Waals surface area contributed by atoms with Gasteiger partial charge in [0.2, 0.25) is 0 Å². The molecule has 2 aliphatic heterocycles. The zero-order valence-corrected chi connectivity index (χ0v) is 15.2. The first-order chi connectivity index (χ1) is 11.7. The molecule has 126 valence electrons. The van der Waals surface area contributed by atoms with E-state index in [1.165, 1.54) is 20.9 Å². The van der Waals surface area contributed by atoms with Gasteiger partial charge in [-0.05, 0) is 48.9 Å². The zero-order valence-electron chi connectivity index (χ0n) is 14.4. The second-order valence-corrected chi connectivity index (χ2v) is 7.76. The van der Waals surface area contributed by atoms with Crippen LogP contribution >= 0.6 is 11.8 Å². The van der Waals surface area contributed by atoms with E-state index in [1.54, 1.807) is 7.11 Å². The summed E-state index contributed by atoms with van der Waals surface area (Å²) in [7, 11) is 3.96. The number of hydrogen-bond donors (Lipinski definition) is 0. The molecule has 0 aliphatic carbocycles. The average Bonchev–Trinajstić information content (AvgIpc) is 2.78. The van der Waals surface area contributed by atoms with Gasteiger partial charge in [-0.1, -0.05) is 30.0 Å². The summed E-state index contributed by atoms with van der Waals surface area (Å²) in [6.45, 7) is 4.58. The molecule has 4 heteroatoms. The van der Waals surface area contributed by atoms with Gasteiger partial charge in [0.1, 0.15) is 5.75 Å². The standard InChI is InChI=1S/C20H24N2OS/c1-21-9-11-22(12-10-21)18-14-15-13-16(23-2)7-8-19(15)24-20-6-4-3-5-17(18)20/h3-8,13,18H,9-12,14H2,1-2H3. The summed E-state index contributed by atoms with van der Waals surface area (Å²) in [6, 6.07) is 15.9. The molecule has 0 bridgehead atoms. The fraction of sp³-hybridized carbons (Fsp3) is 0.400. The van der Waals surface area contributed by atoms with Gasteiger partial charge in [0.25, 0.3) is 0 Å². The molecule has 1 fully saturated rings. The Kier molecular flexibility index (Phi) is 4.53. The molecule has 1 atom stereocenters. The number of methoxy groups -OCH3 is 1. The molecule has 3 nitrogen and oxygen atoms in total. The van der Waals surface area contributed by atoms with Crippen molar-refractivity contribution in [2.24, 2.45) is 0 Å². The maximum absolute atomic E-state index is 5.46. The van der Waals surface area contributed by atoms with Crippen LogP contribution in [0.3, 0.4) is 0 Å². The summed E-state index contributed by atoms with van der Waals surface area (Å²) in [4.78, 5) is 7.84. The molecular weight excluding hydrogens is 316 g/mol. The lowest BCUT2D eigenvalue weighted by atomic mass is 9.96. The SMILES string of the molecule is COc1ccc2c(c1)CC(N1CCN(C)CC1)c1ccccc1S2. The molecule has 2 aromatic carbocycles. The number of hydrogen-bond acceptors (Lipinski definition) is 4. The van der Waals surface area contributed by atoms with Crippen molar-refractivity contribution >= 4 is 11.8 Å². The third-order valence-corrected chi connectivity index (χ3v) is 6.37. The number of likely N-dealkylation sites (N-methyl/N-ethyl adjacent to an activating group) is 1. The van der Waals surface area contributed by atoms with E-state index in [9.17, 15) is 0 Å². The van der Waals surface area contributed by atoms with Crippen LogP contribution in [0.25, 0.3) is 0 Å². The van der Waals surface area contributed by atoms with E-state index in [0.717, 1.165) is 38.3 Å². The van der Waals surface area contributed by atoms with Gasteiger partial charge in [0.05, 0.1) is 7.11 Å². The van der Waals surface area contributed by atoms with Crippen LogP contribution in [0, 0.1) is 0 Å². The van der Waals surface area contributed by atoms with Gasteiger partial charge in [-0.15, -0.1) is 0 Å². The molecular formula is C20H24N2OS. The van der Waals surface area contributed by atoms with Crippen molar-refractivity contribution in [1.82, 2.24) is 9.80 Å². The van der Waals surface area contributed by atoms with E-state index in [0.29, 0.717) is 6.04 Å². The Morgan fingerprint density at radius 2 is 1.79 bits per heavy atom. The molecule has 0 aromatic heterocycles. The summed E-state index contributed by atoms with van der Waals surface area (Å²) >= 11 is 1.90. The summed E-state index contributed by atoms with van der Waals surface area (Å²) in [5, 5.41) is 0. The zero-order chi connectivity index (χ0) is 16.5. The first kappa shape index (κ1) is 16.0. The van der Waals surface area contributed by atoms with Crippen LogP contribution in [0.15, 0.2) is 52.3 Å². The Labute approximate surface area is 148 Å². The van der Waals surface area contributed by atoms with Crippen molar-refractivity contribution in [2.75, 3.05) is 40.3 Å². The van der Waals surface area contributed by atoms with Crippen molar-refractivity contribution in [3.05, 3.63) is 53.6 Å². The lowest BCUT2D eigenvalue weighted by Crippen LogP contribution is -2.46. The highest BCUT2D eigenvalue weighted by atomic mass is 32.2. The molecule has 0 radical (unpaired) electrons. The summed E-state index contributed by atoms with van der Waals surface area (Å²) in [5.74, 6) is 0.956. The first-order valence-corrected chi connectivity index (χ1v) is 9.42. The normalized spacial score (nSPS) is 21.7. The van der Waals surface area contributed by atoms with Gasteiger partial charge in [-0.2, -0.15) is 0 Å². The number of rotatable bonds is 2. The van der Waals surface area contributed by atoms with Crippen LogP contribution in [0.1, 0.15) is 17.2 Å². The van der Waals surface area contributed by atoms with Gasteiger partial charge < -0.3 is 9.64 Å². The molecule has 4 rings (SSSR count). The highest BCUT2D eigenvalue weighted by Crippen LogP contribution is 2.43. The number of piperazine rings is 1. The predicted molar refractivity (Wildman–Crippen MR) is 99.1 cm³/mol. The predicted octanol–water partition coefficient (Wildman–Crippen LogP) is 3.69.